The molecule has 1 aromatic carbocycles. The van der Waals surface area contributed by atoms with Crippen molar-refractivity contribution >= 4 is 17.8 Å². The number of nitrogens with one attached hydrogen (secondary N) is 1. The first-order valence-electron chi connectivity index (χ1n) is 7.30. The van der Waals surface area contributed by atoms with E-state index in [0.717, 1.165) is 18.5 Å². The molecule has 1 aliphatic rings. The summed E-state index contributed by atoms with van der Waals surface area (Å²) >= 11 is 0. The number of carbonyl (C=O) groups is 3. The third kappa shape index (κ3) is 3.84. The SMILES string of the molecule is CNC(=O)C(C)OC(=O)c1ccc(CN2CCCC2=O)cc1. The van der Waals surface area contributed by atoms with Crippen LogP contribution in [0.1, 0.15) is 35.7 Å². The number of likely N-dealkylation sites (N-methyl/N-ethyl adjacent to an activating group) is 1. The van der Waals surface area contributed by atoms with Crippen LogP contribution in [0.15, 0.2) is 24.3 Å². The van der Waals surface area contributed by atoms with E-state index >= 15 is 0 Å². The monoisotopic (exact) mass is 304 g/mol. The number of rotatable bonds is 5. The van der Waals surface area contributed by atoms with Gasteiger partial charge in [0.25, 0.3) is 5.91 Å². The minimum absolute atomic E-state index is 0.169. The van der Waals surface area contributed by atoms with Crippen LogP contribution in [0.2, 0.25) is 0 Å². The van der Waals surface area contributed by atoms with E-state index in [1.807, 2.05) is 0 Å². The molecule has 1 fully saturated rings. The molecule has 6 heteroatoms. The van der Waals surface area contributed by atoms with Crippen LogP contribution >= 0.6 is 0 Å². The predicted molar refractivity (Wildman–Crippen MR) is 80.0 cm³/mol. The zero-order valence-corrected chi connectivity index (χ0v) is 12.8. The lowest BCUT2D eigenvalue weighted by atomic mass is 10.1. The van der Waals surface area contributed by atoms with Crippen molar-refractivity contribution in [2.45, 2.75) is 32.4 Å². The number of hydrogen-bond donors (Lipinski definition) is 1. The van der Waals surface area contributed by atoms with E-state index in [0.29, 0.717) is 18.5 Å². The van der Waals surface area contributed by atoms with Crippen molar-refractivity contribution in [2.75, 3.05) is 13.6 Å². The highest BCUT2D eigenvalue weighted by Gasteiger charge is 2.20. The summed E-state index contributed by atoms with van der Waals surface area (Å²) in [6.07, 6.45) is 0.682. The van der Waals surface area contributed by atoms with Crippen molar-refractivity contribution < 1.29 is 19.1 Å². The van der Waals surface area contributed by atoms with Gasteiger partial charge < -0.3 is 15.0 Å². The largest absolute Gasteiger partial charge is 0.449 e. The Morgan fingerprint density at radius 3 is 2.55 bits per heavy atom. The highest BCUT2D eigenvalue weighted by Crippen LogP contribution is 2.15. The quantitative estimate of drug-likeness (QED) is 0.827. The number of esters is 1. The van der Waals surface area contributed by atoms with Crippen LogP contribution in [-0.4, -0.2) is 42.4 Å². The van der Waals surface area contributed by atoms with Crippen molar-refractivity contribution in [3.05, 3.63) is 35.4 Å². The van der Waals surface area contributed by atoms with Gasteiger partial charge in [-0.2, -0.15) is 0 Å². The molecule has 1 aromatic rings. The Morgan fingerprint density at radius 1 is 1.32 bits per heavy atom. The standard InChI is InChI=1S/C16H20N2O4/c1-11(15(20)17-2)22-16(21)13-7-5-12(6-8-13)10-18-9-3-4-14(18)19/h5-8,11H,3-4,9-10H2,1-2H3,(H,17,20). The van der Waals surface area contributed by atoms with Crippen LogP contribution < -0.4 is 5.32 Å². The third-order valence-electron chi connectivity index (χ3n) is 3.63. The molecule has 1 heterocycles. The summed E-state index contributed by atoms with van der Waals surface area (Å²) in [6.45, 7) is 2.86. The van der Waals surface area contributed by atoms with Gasteiger partial charge >= 0.3 is 5.97 Å². The molecule has 118 valence electrons. The summed E-state index contributed by atoms with van der Waals surface area (Å²) in [5.74, 6) is -0.722. The van der Waals surface area contributed by atoms with Gasteiger partial charge in [0.15, 0.2) is 6.10 Å². The maximum Gasteiger partial charge on any atom is 0.338 e. The average molecular weight is 304 g/mol. The van der Waals surface area contributed by atoms with E-state index in [-0.39, 0.29) is 11.8 Å². The lowest BCUT2D eigenvalue weighted by molar-refractivity contribution is -0.129. The van der Waals surface area contributed by atoms with Gasteiger partial charge in [-0.05, 0) is 31.0 Å². The molecule has 0 aromatic heterocycles. The second-order valence-electron chi connectivity index (χ2n) is 5.28. The van der Waals surface area contributed by atoms with Crippen LogP contribution in [0.4, 0.5) is 0 Å². The van der Waals surface area contributed by atoms with Crippen LogP contribution in [0.5, 0.6) is 0 Å². The molecule has 0 radical (unpaired) electrons. The number of amides is 2. The van der Waals surface area contributed by atoms with Crippen molar-refractivity contribution in [1.82, 2.24) is 10.2 Å². The normalized spacial score (nSPS) is 15.5. The topological polar surface area (TPSA) is 75.7 Å². The first-order chi connectivity index (χ1) is 10.5. The fraction of sp³-hybridized carbons (Fsp3) is 0.438. The Balaban J connectivity index is 1.94. The minimum Gasteiger partial charge on any atom is -0.449 e. The number of carbonyl (C=O) groups excluding carboxylic acids is 3. The Morgan fingerprint density at radius 2 is 2.00 bits per heavy atom. The lowest BCUT2D eigenvalue weighted by Gasteiger charge is -2.16. The molecule has 22 heavy (non-hydrogen) atoms. The Labute approximate surface area is 129 Å². The Bertz CT molecular complexity index is 568. The van der Waals surface area contributed by atoms with Gasteiger partial charge in [0.05, 0.1) is 5.56 Å². The van der Waals surface area contributed by atoms with Crippen molar-refractivity contribution in [1.29, 1.82) is 0 Å². The fourth-order valence-corrected chi connectivity index (χ4v) is 2.32. The smallest absolute Gasteiger partial charge is 0.338 e. The highest BCUT2D eigenvalue weighted by atomic mass is 16.5. The van der Waals surface area contributed by atoms with Crippen LogP contribution in [0.25, 0.3) is 0 Å². The lowest BCUT2D eigenvalue weighted by Crippen LogP contribution is -2.33. The third-order valence-corrected chi connectivity index (χ3v) is 3.63. The molecular weight excluding hydrogens is 284 g/mol. The van der Waals surface area contributed by atoms with Gasteiger partial charge in [0, 0.05) is 26.6 Å². The van der Waals surface area contributed by atoms with Crippen molar-refractivity contribution in [2.24, 2.45) is 0 Å². The van der Waals surface area contributed by atoms with E-state index in [1.54, 1.807) is 29.2 Å². The number of ether oxygens (including phenoxy) is 1. The second kappa shape index (κ2) is 7.06. The maximum absolute atomic E-state index is 11.9. The zero-order valence-electron chi connectivity index (χ0n) is 12.8. The number of nitrogens with zero attached hydrogens (tertiary/aromatic N) is 1. The summed E-state index contributed by atoms with van der Waals surface area (Å²) in [5, 5.41) is 2.42. The molecule has 6 nitrogen and oxygen atoms in total. The molecule has 1 unspecified atom stereocenters. The molecule has 1 saturated heterocycles. The van der Waals surface area contributed by atoms with E-state index in [1.165, 1.54) is 14.0 Å². The predicted octanol–water partition coefficient (Wildman–Crippen LogP) is 1.10. The number of benzene rings is 1. The van der Waals surface area contributed by atoms with Crippen molar-refractivity contribution in [3.8, 4) is 0 Å². The molecule has 0 saturated carbocycles. The van der Waals surface area contributed by atoms with Crippen LogP contribution in [0.3, 0.4) is 0 Å². The number of hydrogen-bond acceptors (Lipinski definition) is 4. The average Bonchev–Trinajstić information content (AvgIpc) is 2.92. The molecule has 2 rings (SSSR count). The molecule has 1 N–H and O–H groups in total. The Hall–Kier alpha value is -2.37. The van der Waals surface area contributed by atoms with Gasteiger partial charge in [-0.15, -0.1) is 0 Å². The van der Waals surface area contributed by atoms with Gasteiger partial charge in [-0.3, -0.25) is 9.59 Å². The molecule has 1 aliphatic heterocycles. The Kier molecular flexibility index (Phi) is 5.14. The molecule has 1 atom stereocenters. The van der Waals surface area contributed by atoms with Gasteiger partial charge in [0.2, 0.25) is 5.91 Å². The first-order valence-corrected chi connectivity index (χ1v) is 7.30. The molecule has 0 aliphatic carbocycles. The minimum atomic E-state index is -0.834. The van der Waals surface area contributed by atoms with E-state index in [2.05, 4.69) is 5.32 Å². The van der Waals surface area contributed by atoms with Gasteiger partial charge in [-0.1, -0.05) is 12.1 Å². The van der Waals surface area contributed by atoms with E-state index < -0.39 is 12.1 Å². The zero-order chi connectivity index (χ0) is 16.1. The van der Waals surface area contributed by atoms with E-state index in [4.69, 9.17) is 4.74 Å². The van der Waals surface area contributed by atoms with Crippen molar-refractivity contribution in [3.63, 3.8) is 0 Å². The fourth-order valence-electron chi connectivity index (χ4n) is 2.32. The summed E-state index contributed by atoms with van der Waals surface area (Å²) in [5.41, 5.74) is 1.35. The van der Waals surface area contributed by atoms with Gasteiger partial charge in [-0.25, -0.2) is 4.79 Å². The molecule has 0 bridgehead atoms. The highest BCUT2D eigenvalue weighted by molar-refractivity contribution is 5.92. The van der Waals surface area contributed by atoms with Crippen LogP contribution in [-0.2, 0) is 20.9 Å². The summed E-state index contributed by atoms with van der Waals surface area (Å²) in [4.78, 5) is 36.6. The van der Waals surface area contributed by atoms with Crippen LogP contribution in [0, 0.1) is 0 Å². The number of likely N-dealkylation sites (tertiary alicyclic amines) is 1. The molecule has 2 amide bonds. The summed E-state index contributed by atoms with van der Waals surface area (Å²) < 4.78 is 5.06. The molecule has 0 spiro atoms. The first kappa shape index (κ1) is 16.0. The maximum atomic E-state index is 11.9. The summed E-state index contributed by atoms with van der Waals surface area (Å²) in [6, 6.07) is 6.89. The van der Waals surface area contributed by atoms with Gasteiger partial charge in [0.1, 0.15) is 0 Å². The summed E-state index contributed by atoms with van der Waals surface area (Å²) in [7, 11) is 1.49. The van der Waals surface area contributed by atoms with E-state index in [9.17, 15) is 14.4 Å². The second-order valence-corrected chi connectivity index (χ2v) is 5.28. The molecular formula is C16H20N2O4.